The van der Waals surface area contributed by atoms with E-state index < -0.39 is 5.41 Å². The standard InChI is InChI=1S/C15H10IN3O2/c16-11-10-7-1-2-8-12(18-19-17-8)9(7)14(21)15(10)4-3-6(5-15)13(11)20/h1-2,6H,3-5H2,(H,17,18,19). The summed E-state index contributed by atoms with van der Waals surface area (Å²) in [6, 6.07) is 3.83. The molecule has 2 bridgehead atoms. The minimum absolute atomic E-state index is 0.0201. The number of carbonyl (C=O) groups is 2. The molecule has 5 rings (SSSR count). The average Bonchev–Trinajstić information content (AvgIpc) is 3.15. The number of aromatic nitrogens is 3. The van der Waals surface area contributed by atoms with Crippen molar-refractivity contribution in [2.45, 2.75) is 19.3 Å². The highest BCUT2D eigenvalue weighted by Crippen LogP contribution is 2.63. The van der Waals surface area contributed by atoms with Gasteiger partial charge in [0.15, 0.2) is 11.6 Å². The first kappa shape index (κ1) is 12.0. The summed E-state index contributed by atoms with van der Waals surface area (Å²) in [5.41, 5.74) is 3.42. The Hall–Kier alpha value is -1.57. The van der Waals surface area contributed by atoms with Crippen molar-refractivity contribution >= 4 is 50.8 Å². The summed E-state index contributed by atoms with van der Waals surface area (Å²) >= 11 is 2.13. The molecule has 1 N–H and O–H groups in total. The predicted octanol–water partition coefficient (Wildman–Crippen LogP) is 2.67. The number of nitrogens with one attached hydrogen (secondary N) is 1. The Kier molecular flexibility index (Phi) is 2.06. The number of nitrogens with zero attached hydrogens (tertiary/aromatic N) is 2. The number of benzene rings is 1. The van der Waals surface area contributed by atoms with Gasteiger partial charge >= 0.3 is 0 Å². The number of H-pyrrole nitrogens is 1. The smallest absolute Gasteiger partial charge is 0.176 e. The van der Waals surface area contributed by atoms with Crippen LogP contribution >= 0.6 is 22.6 Å². The monoisotopic (exact) mass is 391 g/mol. The zero-order chi connectivity index (χ0) is 14.4. The number of hydrogen-bond donors (Lipinski definition) is 1. The predicted molar refractivity (Wildman–Crippen MR) is 83.9 cm³/mol. The Morgan fingerprint density at radius 3 is 3.05 bits per heavy atom. The van der Waals surface area contributed by atoms with Crippen LogP contribution in [0.2, 0.25) is 0 Å². The van der Waals surface area contributed by atoms with E-state index in [0.717, 1.165) is 33.1 Å². The van der Waals surface area contributed by atoms with Crippen LogP contribution in [0.25, 0.3) is 16.6 Å². The summed E-state index contributed by atoms with van der Waals surface area (Å²) in [6.07, 6.45) is 2.26. The first-order chi connectivity index (χ1) is 10.1. The molecule has 6 heteroatoms. The summed E-state index contributed by atoms with van der Waals surface area (Å²) < 4.78 is 0.747. The van der Waals surface area contributed by atoms with Gasteiger partial charge in [0.25, 0.3) is 0 Å². The molecular weight excluding hydrogens is 381 g/mol. The molecule has 1 saturated carbocycles. The SMILES string of the molecule is O=C1C(I)=C2c3ccc4[nH]nnc4c3C(=O)C23CCC1C3. The number of aromatic amines is 1. The second-order valence-electron chi connectivity index (χ2n) is 6.10. The normalized spacial score (nSPS) is 30.2. The van der Waals surface area contributed by atoms with E-state index in [1.165, 1.54) is 0 Å². The fraction of sp³-hybridized carbons (Fsp3) is 0.333. The fourth-order valence-corrected chi connectivity index (χ4v) is 5.54. The van der Waals surface area contributed by atoms with Crippen molar-refractivity contribution in [2.24, 2.45) is 11.3 Å². The van der Waals surface area contributed by atoms with Gasteiger partial charge in [-0.15, -0.1) is 5.10 Å². The molecule has 3 aliphatic carbocycles. The minimum Gasteiger partial charge on any atom is -0.293 e. The van der Waals surface area contributed by atoms with Gasteiger partial charge in [-0.05, 0) is 59.1 Å². The van der Waals surface area contributed by atoms with E-state index in [0.29, 0.717) is 17.5 Å². The van der Waals surface area contributed by atoms with Crippen molar-refractivity contribution in [1.29, 1.82) is 0 Å². The Morgan fingerprint density at radius 1 is 1.33 bits per heavy atom. The van der Waals surface area contributed by atoms with E-state index in [-0.39, 0.29) is 17.5 Å². The molecule has 3 aliphatic rings. The Morgan fingerprint density at radius 2 is 2.19 bits per heavy atom. The van der Waals surface area contributed by atoms with Crippen LogP contribution < -0.4 is 0 Å². The highest BCUT2D eigenvalue weighted by atomic mass is 127. The molecule has 1 aromatic carbocycles. The van der Waals surface area contributed by atoms with E-state index in [9.17, 15) is 9.59 Å². The van der Waals surface area contributed by atoms with Crippen molar-refractivity contribution in [1.82, 2.24) is 15.4 Å². The second-order valence-corrected chi connectivity index (χ2v) is 7.18. The van der Waals surface area contributed by atoms with E-state index >= 15 is 0 Å². The molecule has 0 radical (unpaired) electrons. The molecule has 1 heterocycles. The maximum Gasteiger partial charge on any atom is 0.176 e. The second kappa shape index (κ2) is 3.60. The van der Waals surface area contributed by atoms with Crippen LogP contribution in [-0.4, -0.2) is 27.0 Å². The quantitative estimate of drug-likeness (QED) is 0.701. The van der Waals surface area contributed by atoms with Crippen molar-refractivity contribution in [3.63, 3.8) is 0 Å². The third kappa shape index (κ3) is 1.20. The maximum atomic E-state index is 13.1. The zero-order valence-corrected chi connectivity index (χ0v) is 13.1. The van der Waals surface area contributed by atoms with Crippen LogP contribution in [0.1, 0.15) is 35.2 Å². The summed E-state index contributed by atoms with van der Waals surface area (Å²) in [4.78, 5) is 25.6. The van der Waals surface area contributed by atoms with E-state index in [4.69, 9.17) is 0 Å². The van der Waals surface area contributed by atoms with Gasteiger partial charge in [-0.25, -0.2) is 0 Å². The molecule has 2 unspecified atom stereocenters. The van der Waals surface area contributed by atoms with Crippen LogP contribution in [0.15, 0.2) is 15.7 Å². The molecule has 1 aromatic heterocycles. The first-order valence-electron chi connectivity index (χ1n) is 6.97. The number of fused-ring (bicyclic) bond motifs is 5. The number of allylic oxidation sites excluding steroid dienone is 2. The molecule has 2 atom stereocenters. The fourth-order valence-electron chi connectivity index (χ4n) is 4.30. The van der Waals surface area contributed by atoms with Gasteiger partial charge in [0.2, 0.25) is 0 Å². The van der Waals surface area contributed by atoms with Gasteiger partial charge in [0.1, 0.15) is 5.52 Å². The van der Waals surface area contributed by atoms with Crippen LogP contribution in [0.3, 0.4) is 0 Å². The minimum atomic E-state index is -0.481. The highest BCUT2D eigenvalue weighted by molar-refractivity contribution is 14.1. The van der Waals surface area contributed by atoms with Crippen molar-refractivity contribution in [3.05, 3.63) is 26.8 Å². The molecule has 104 valence electrons. The molecule has 2 aromatic rings. The van der Waals surface area contributed by atoms with Crippen molar-refractivity contribution < 1.29 is 9.59 Å². The number of hydrogen-bond acceptors (Lipinski definition) is 4. The number of ketones is 2. The summed E-state index contributed by atoms with van der Waals surface area (Å²) in [5, 5.41) is 10.7. The Labute approximate surface area is 133 Å². The third-order valence-corrected chi connectivity index (χ3v) is 6.30. The Balaban J connectivity index is 1.94. The van der Waals surface area contributed by atoms with E-state index in [2.05, 4.69) is 38.0 Å². The molecule has 0 aliphatic heterocycles. The molecule has 5 nitrogen and oxygen atoms in total. The van der Waals surface area contributed by atoms with Crippen LogP contribution in [-0.2, 0) is 4.79 Å². The maximum absolute atomic E-state index is 13.1. The Bertz CT molecular complexity index is 897. The van der Waals surface area contributed by atoms with E-state index in [1.807, 2.05) is 12.1 Å². The number of carbonyl (C=O) groups excluding carboxylic acids is 2. The lowest BCUT2D eigenvalue weighted by molar-refractivity contribution is -0.118. The van der Waals surface area contributed by atoms with Gasteiger partial charge in [0.05, 0.1) is 20.1 Å². The van der Waals surface area contributed by atoms with Gasteiger partial charge in [0, 0.05) is 5.92 Å². The molecular formula is C15H10IN3O2. The molecule has 21 heavy (non-hydrogen) atoms. The molecule has 0 saturated heterocycles. The molecule has 1 fully saturated rings. The topological polar surface area (TPSA) is 75.7 Å². The van der Waals surface area contributed by atoms with Gasteiger partial charge in [-0.3, -0.25) is 14.7 Å². The largest absolute Gasteiger partial charge is 0.293 e. The third-order valence-electron chi connectivity index (χ3n) is 5.23. The summed E-state index contributed by atoms with van der Waals surface area (Å²) in [6.45, 7) is 0. The van der Waals surface area contributed by atoms with E-state index in [1.54, 1.807) is 0 Å². The highest BCUT2D eigenvalue weighted by Gasteiger charge is 2.59. The summed E-state index contributed by atoms with van der Waals surface area (Å²) in [7, 11) is 0. The number of rotatable bonds is 0. The molecule has 0 amide bonds. The van der Waals surface area contributed by atoms with Crippen LogP contribution in [0.4, 0.5) is 0 Å². The lowest BCUT2D eigenvalue weighted by atomic mass is 9.74. The van der Waals surface area contributed by atoms with Crippen molar-refractivity contribution in [2.75, 3.05) is 0 Å². The van der Waals surface area contributed by atoms with Crippen LogP contribution in [0, 0.1) is 11.3 Å². The van der Waals surface area contributed by atoms with Crippen LogP contribution in [0.5, 0.6) is 0 Å². The average molecular weight is 391 g/mol. The lowest BCUT2D eigenvalue weighted by Crippen LogP contribution is -2.30. The number of Topliss-reactive ketones (excluding diaryl/α,β-unsaturated/α-hetero) is 2. The first-order valence-corrected chi connectivity index (χ1v) is 8.05. The zero-order valence-electron chi connectivity index (χ0n) is 10.9. The number of halogens is 1. The summed E-state index contributed by atoms with van der Waals surface area (Å²) in [5.74, 6) is 0.363. The van der Waals surface area contributed by atoms with Gasteiger partial charge in [-0.1, -0.05) is 11.3 Å². The lowest BCUT2D eigenvalue weighted by Gasteiger charge is -2.29. The van der Waals surface area contributed by atoms with Gasteiger partial charge in [-0.2, -0.15) is 0 Å². The van der Waals surface area contributed by atoms with Crippen molar-refractivity contribution in [3.8, 4) is 0 Å². The van der Waals surface area contributed by atoms with Gasteiger partial charge < -0.3 is 0 Å². The molecule has 1 spiro atoms.